The van der Waals surface area contributed by atoms with Gasteiger partial charge >= 0.3 is 0 Å². The van der Waals surface area contributed by atoms with Crippen LogP contribution in [0.1, 0.15) is 35.0 Å². The van der Waals surface area contributed by atoms with Crippen LogP contribution in [0.4, 0.5) is 0 Å². The van der Waals surface area contributed by atoms with Crippen molar-refractivity contribution in [2.75, 3.05) is 40.0 Å². The summed E-state index contributed by atoms with van der Waals surface area (Å²) in [4.78, 5) is 13.9. The third kappa shape index (κ3) is 5.11. The summed E-state index contributed by atoms with van der Waals surface area (Å²) < 4.78 is 16.0. The zero-order valence-electron chi connectivity index (χ0n) is 16.9. The second-order valence-corrected chi connectivity index (χ2v) is 7.20. The van der Waals surface area contributed by atoms with E-state index >= 15 is 0 Å². The number of rotatable bonds is 8. The highest BCUT2D eigenvalue weighted by molar-refractivity contribution is 5.76. The third-order valence-electron chi connectivity index (χ3n) is 5.43. The first kappa shape index (κ1) is 20.4. The molecule has 1 aliphatic rings. The van der Waals surface area contributed by atoms with Crippen molar-refractivity contribution >= 4 is 5.91 Å². The van der Waals surface area contributed by atoms with Gasteiger partial charge in [0.15, 0.2) is 0 Å². The summed E-state index contributed by atoms with van der Waals surface area (Å²) in [6.07, 6.45) is 1.07. The molecular weight excluding hydrogens is 358 g/mol. The molecule has 0 saturated carbocycles. The van der Waals surface area contributed by atoms with Crippen LogP contribution >= 0.6 is 0 Å². The molecule has 0 unspecified atom stereocenters. The SMILES string of the molecule is COc1ccc([C@@H](CNC(=O)CCc2c(C)noc2C)[NH+]2CCOCC2)cc1. The Labute approximate surface area is 166 Å². The maximum Gasteiger partial charge on any atom is 0.220 e. The van der Waals surface area contributed by atoms with Gasteiger partial charge in [0.25, 0.3) is 0 Å². The van der Waals surface area contributed by atoms with Crippen LogP contribution in [0.15, 0.2) is 28.8 Å². The Hall–Kier alpha value is -2.38. The summed E-state index contributed by atoms with van der Waals surface area (Å²) >= 11 is 0. The average molecular weight is 388 g/mol. The van der Waals surface area contributed by atoms with Gasteiger partial charge in [-0.25, -0.2) is 0 Å². The second kappa shape index (κ2) is 9.71. The molecule has 1 atom stereocenters. The number of morpholine rings is 1. The Balaban J connectivity index is 1.61. The number of aromatic nitrogens is 1. The quantitative estimate of drug-likeness (QED) is 0.706. The zero-order chi connectivity index (χ0) is 19.9. The molecule has 0 spiro atoms. The van der Waals surface area contributed by atoms with E-state index in [1.807, 2.05) is 26.0 Å². The lowest BCUT2D eigenvalue weighted by molar-refractivity contribution is -0.937. The molecule has 0 aliphatic carbocycles. The number of hydrogen-bond acceptors (Lipinski definition) is 5. The Bertz CT molecular complexity index is 747. The second-order valence-electron chi connectivity index (χ2n) is 7.20. The number of hydrogen-bond donors (Lipinski definition) is 2. The van der Waals surface area contributed by atoms with Crippen LogP contribution < -0.4 is 15.0 Å². The number of carbonyl (C=O) groups excluding carboxylic acids is 1. The lowest BCUT2D eigenvalue weighted by Crippen LogP contribution is -3.15. The molecule has 0 bridgehead atoms. The molecule has 2 heterocycles. The van der Waals surface area contributed by atoms with E-state index in [4.69, 9.17) is 14.0 Å². The van der Waals surface area contributed by atoms with E-state index in [9.17, 15) is 4.79 Å². The number of quaternary nitrogens is 1. The number of ether oxygens (including phenoxy) is 2. The molecule has 3 rings (SSSR count). The van der Waals surface area contributed by atoms with Gasteiger partial charge in [0.05, 0.1) is 32.6 Å². The minimum absolute atomic E-state index is 0.0474. The molecule has 1 aromatic heterocycles. The highest BCUT2D eigenvalue weighted by Crippen LogP contribution is 2.17. The molecule has 1 fully saturated rings. The molecule has 7 nitrogen and oxygen atoms in total. The molecular formula is C21H30N3O4+. The van der Waals surface area contributed by atoms with E-state index in [2.05, 4.69) is 22.6 Å². The first-order chi connectivity index (χ1) is 13.6. The maximum absolute atomic E-state index is 12.5. The zero-order valence-corrected chi connectivity index (χ0v) is 16.9. The molecule has 1 aromatic carbocycles. The standard InChI is InChI=1S/C21H29N3O4/c1-15-19(16(2)28-23-15)8-9-21(25)22-14-20(24-10-12-27-13-11-24)17-4-6-18(26-3)7-5-17/h4-7,20H,8-14H2,1-3H3,(H,22,25)/p+1/t20-/m1/s1. The minimum atomic E-state index is 0.0474. The molecule has 1 aliphatic heterocycles. The van der Waals surface area contributed by atoms with Crippen molar-refractivity contribution in [1.82, 2.24) is 10.5 Å². The van der Waals surface area contributed by atoms with Gasteiger partial charge in [0.2, 0.25) is 5.91 Å². The summed E-state index contributed by atoms with van der Waals surface area (Å²) in [6.45, 7) is 7.77. The van der Waals surface area contributed by atoms with Gasteiger partial charge in [-0.1, -0.05) is 5.16 Å². The highest BCUT2D eigenvalue weighted by atomic mass is 16.5. The topological polar surface area (TPSA) is 78.0 Å². The van der Waals surface area contributed by atoms with Gasteiger partial charge < -0.3 is 24.2 Å². The van der Waals surface area contributed by atoms with Crippen LogP contribution in [0.2, 0.25) is 0 Å². The van der Waals surface area contributed by atoms with Crippen molar-refractivity contribution in [3.63, 3.8) is 0 Å². The van der Waals surface area contributed by atoms with Gasteiger partial charge in [-0.3, -0.25) is 4.79 Å². The van der Waals surface area contributed by atoms with Crippen LogP contribution in [0.3, 0.4) is 0 Å². The fourth-order valence-corrected chi connectivity index (χ4v) is 3.72. The predicted octanol–water partition coefficient (Wildman–Crippen LogP) is 1.01. The van der Waals surface area contributed by atoms with E-state index in [0.717, 1.165) is 49.1 Å². The number of nitrogens with one attached hydrogen (secondary N) is 2. The first-order valence-corrected chi connectivity index (χ1v) is 9.83. The predicted molar refractivity (Wildman–Crippen MR) is 105 cm³/mol. The molecule has 2 aromatic rings. The normalized spacial score (nSPS) is 16.0. The fourth-order valence-electron chi connectivity index (χ4n) is 3.72. The monoisotopic (exact) mass is 388 g/mol. The summed E-state index contributed by atoms with van der Waals surface area (Å²) in [5.41, 5.74) is 3.09. The Morgan fingerprint density at radius 1 is 1.25 bits per heavy atom. The maximum atomic E-state index is 12.5. The van der Waals surface area contributed by atoms with E-state index in [1.54, 1.807) is 7.11 Å². The number of benzene rings is 1. The van der Waals surface area contributed by atoms with Crippen molar-refractivity contribution in [1.29, 1.82) is 0 Å². The van der Waals surface area contributed by atoms with Gasteiger partial charge in [0.1, 0.15) is 30.6 Å². The van der Waals surface area contributed by atoms with Crippen molar-refractivity contribution in [3.05, 3.63) is 46.8 Å². The summed E-state index contributed by atoms with van der Waals surface area (Å²) in [5.74, 6) is 1.67. The largest absolute Gasteiger partial charge is 0.497 e. The van der Waals surface area contributed by atoms with E-state index in [1.165, 1.54) is 10.5 Å². The Morgan fingerprint density at radius 3 is 2.57 bits per heavy atom. The van der Waals surface area contributed by atoms with E-state index in [-0.39, 0.29) is 11.9 Å². The molecule has 7 heteroatoms. The molecule has 28 heavy (non-hydrogen) atoms. The van der Waals surface area contributed by atoms with Crippen molar-refractivity contribution in [3.8, 4) is 5.75 Å². The number of nitrogens with zero attached hydrogens (tertiary/aromatic N) is 1. The first-order valence-electron chi connectivity index (χ1n) is 9.83. The van der Waals surface area contributed by atoms with Gasteiger partial charge in [-0.2, -0.15) is 0 Å². The number of amides is 1. The van der Waals surface area contributed by atoms with Crippen LogP contribution in [0.5, 0.6) is 5.75 Å². The van der Waals surface area contributed by atoms with E-state index in [0.29, 0.717) is 19.4 Å². The lowest BCUT2D eigenvalue weighted by atomic mass is 10.0. The van der Waals surface area contributed by atoms with Gasteiger partial charge in [-0.05, 0) is 44.5 Å². The molecule has 1 saturated heterocycles. The number of methoxy groups -OCH3 is 1. The van der Waals surface area contributed by atoms with Gasteiger partial charge in [0, 0.05) is 17.5 Å². The van der Waals surface area contributed by atoms with Crippen LogP contribution in [-0.4, -0.2) is 51.0 Å². The molecule has 1 amide bonds. The lowest BCUT2D eigenvalue weighted by Gasteiger charge is -2.32. The van der Waals surface area contributed by atoms with Crippen molar-refractivity contribution in [2.45, 2.75) is 32.7 Å². The van der Waals surface area contributed by atoms with E-state index < -0.39 is 0 Å². The van der Waals surface area contributed by atoms with Crippen LogP contribution in [0.25, 0.3) is 0 Å². The number of carbonyl (C=O) groups is 1. The molecule has 152 valence electrons. The highest BCUT2D eigenvalue weighted by Gasteiger charge is 2.27. The summed E-state index contributed by atoms with van der Waals surface area (Å²) in [5, 5.41) is 7.08. The molecule has 0 radical (unpaired) electrons. The van der Waals surface area contributed by atoms with Crippen LogP contribution in [-0.2, 0) is 16.0 Å². The third-order valence-corrected chi connectivity index (χ3v) is 5.43. The number of aryl methyl sites for hydroxylation is 2. The molecule has 2 N–H and O–H groups in total. The minimum Gasteiger partial charge on any atom is -0.497 e. The smallest absolute Gasteiger partial charge is 0.220 e. The summed E-state index contributed by atoms with van der Waals surface area (Å²) in [7, 11) is 1.67. The van der Waals surface area contributed by atoms with Crippen LogP contribution in [0, 0.1) is 13.8 Å². The van der Waals surface area contributed by atoms with Gasteiger partial charge in [-0.15, -0.1) is 0 Å². The summed E-state index contributed by atoms with van der Waals surface area (Å²) in [6, 6.07) is 8.31. The Kier molecular flexibility index (Phi) is 7.06. The van der Waals surface area contributed by atoms with Crippen molar-refractivity contribution < 1.29 is 23.7 Å². The fraction of sp³-hybridized carbons (Fsp3) is 0.524. The average Bonchev–Trinajstić information content (AvgIpc) is 3.05. The van der Waals surface area contributed by atoms with Crippen molar-refractivity contribution in [2.24, 2.45) is 0 Å². The Morgan fingerprint density at radius 2 is 1.96 bits per heavy atom.